The number of nitrogens with two attached hydrogens (primary N) is 1. The highest BCUT2D eigenvalue weighted by atomic mass is 35.5. The van der Waals surface area contributed by atoms with Gasteiger partial charge >= 0.3 is 0 Å². The normalized spacial score (nSPS) is 10.0. The topological polar surface area (TPSA) is 150 Å². The molecule has 13 heteroatoms. The largest absolute Gasteiger partial charge is 0.350 e. The molecule has 0 saturated carbocycles. The molecule has 0 bridgehead atoms. The van der Waals surface area contributed by atoms with E-state index in [0.717, 1.165) is 11.1 Å². The van der Waals surface area contributed by atoms with Gasteiger partial charge in [-0.3, -0.25) is 19.6 Å². The maximum atomic E-state index is 13.6. The number of carbonyl (C=O) groups excluding carboxylic acids is 2. The molecule has 4 aromatic heterocycles. The SMILES string of the molecule is NCc1cccnc1.O=C(c1cnc(Cl)nc1)c1ccccc1F.O=C(c1cnc(NCc2cccnc2)nc1)c1ccccc1F. The molecule has 0 unspecified atom stereocenters. The first-order chi connectivity index (χ1) is 22.9. The molecule has 6 rings (SSSR count). The summed E-state index contributed by atoms with van der Waals surface area (Å²) in [7, 11) is 0. The van der Waals surface area contributed by atoms with E-state index in [-0.39, 0.29) is 27.5 Å². The summed E-state index contributed by atoms with van der Waals surface area (Å²) in [5.41, 5.74) is 7.82. The number of pyridine rings is 2. The fraction of sp³-hybridized carbons (Fsp3) is 0.0588. The number of rotatable bonds is 8. The predicted octanol–water partition coefficient (Wildman–Crippen LogP) is 5.89. The Morgan fingerprint density at radius 2 is 1.11 bits per heavy atom. The molecule has 0 atom stereocenters. The fourth-order valence-electron chi connectivity index (χ4n) is 3.77. The van der Waals surface area contributed by atoms with Crippen LogP contribution in [0.1, 0.15) is 43.0 Å². The summed E-state index contributed by atoms with van der Waals surface area (Å²) in [5, 5.41) is 3.08. The average molecular weight is 653 g/mol. The molecule has 0 aliphatic heterocycles. The minimum Gasteiger partial charge on any atom is -0.350 e. The molecular formula is C34H27ClF2N8O2. The second-order valence-corrected chi connectivity index (χ2v) is 9.77. The van der Waals surface area contributed by atoms with E-state index in [0.29, 0.717) is 19.0 Å². The van der Waals surface area contributed by atoms with Crippen LogP contribution in [0.2, 0.25) is 5.28 Å². The molecule has 0 aliphatic rings. The number of benzene rings is 2. The predicted molar refractivity (Wildman–Crippen MR) is 172 cm³/mol. The Hall–Kier alpha value is -5.85. The molecule has 10 nitrogen and oxygen atoms in total. The zero-order valence-electron chi connectivity index (χ0n) is 24.7. The standard InChI is InChI=1S/C17H13FN4O.C11H6ClFN2O.C6H8N2/c18-15-6-2-1-5-14(15)16(23)13-10-21-17(22-11-13)20-9-12-4-3-7-19-8-12;12-11-14-5-7(6-15-11)10(16)8-3-1-2-4-9(8)13;7-4-6-2-1-3-8-5-6/h1-8,10-11H,9H2,(H,20,21,22);1-6H;1-3,5H,4,7H2. The lowest BCUT2D eigenvalue weighted by Crippen LogP contribution is -2.08. The van der Waals surface area contributed by atoms with Gasteiger partial charge in [-0.15, -0.1) is 0 Å². The first-order valence-electron chi connectivity index (χ1n) is 14.0. The average Bonchev–Trinajstić information content (AvgIpc) is 3.12. The van der Waals surface area contributed by atoms with Gasteiger partial charge in [0.2, 0.25) is 11.2 Å². The number of hydrogen-bond acceptors (Lipinski definition) is 10. The van der Waals surface area contributed by atoms with Gasteiger partial charge < -0.3 is 11.1 Å². The highest BCUT2D eigenvalue weighted by molar-refractivity contribution is 6.28. The van der Waals surface area contributed by atoms with Crippen molar-refractivity contribution in [1.29, 1.82) is 0 Å². The van der Waals surface area contributed by atoms with E-state index in [1.165, 1.54) is 61.2 Å². The summed E-state index contributed by atoms with van der Waals surface area (Å²) in [6, 6.07) is 19.2. The number of hydrogen-bond donors (Lipinski definition) is 2. The van der Waals surface area contributed by atoms with Crippen LogP contribution in [0.3, 0.4) is 0 Å². The van der Waals surface area contributed by atoms with Gasteiger partial charge in [-0.1, -0.05) is 36.4 Å². The minimum atomic E-state index is -0.567. The van der Waals surface area contributed by atoms with Crippen LogP contribution >= 0.6 is 11.6 Å². The van der Waals surface area contributed by atoms with Crippen LogP contribution in [0.5, 0.6) is 0 Å². The molecule has 6 aromatic rings. The second kappa shape index (κ2) is 17.6. The van der Waals surface area contributed by atoms with Gasteiger partial charge in [-0.25, -0.2) is 28.7 Å². The zero-order valence-corrected chi connectivity index (χ0v) is 25.4. The van der Waals surface area contributed by atoms with Crippen molar-refractivity contribution in [3.8, 4) is 0 Å². The van der Waals surface area contributed by atoms with Gasteiger partial charge in [-0.2, -0.15) is 0 Å². The quantitative estimate of drug-likeness (QED) is 0.150. The molecule has 0 saturated heterocycles. The Bertz CT molecular complexity index is 1880. The molecule has 2 aromatic carbocycles. The van der Waals surface area contributed by atoms with Crippen LogP contribution in [-0.4, -0.2) is 41.5 Å². The van der Waals surface area contributed by atoms with Crippen LogP contribution in [0.25, 0.3) is 0 Å². The van der Waals surface area contributed by atoms with Crippen molar-refractivity contribution in [2.45, 2.75) is 13.1 Å². The summed E-state index contributed by atoms with van der Waals surface area (Å²) in [6.07, 6.45) is 12.2. The van der Waals surface area contributed by atoms with E-state index < -0.39 is 23.2 Å². The Labute approximate surface area is 273 Å². The number of anilines is 1. The minimum absolute atomic E-state index is 0.00609. The summed E-state index contributed by atoms with van der Waals surface area (Å²) in [5.74, 6) is -1.64. The van der Waals surface area contributed by atoms with Crippen molar-refractivity contribution in [2.24, 2.45) is 5.73 Å². The van der Waals surface area contributed by atoms with Crippen molar-refractivity contribution in [1.82, 2.24) is 29.9 Å². The maximum Gasteiger partial charge on any atom is 0.222 e. The number of carbonyl (C=O) groups is 2. The van der Waals surface area contributed by atoms with Gasteiger partial charge in [0.05, 0.1) is 22.3 Å². The third-order valence-corrected chi connectivity index (χ3v) is 6.36. The van der Waals surface area contributed by atoms with E-state index in [1.54, 1.807) is 36.9 Å². The second-order valence-electron chi connectivity index (χ2n) is 9.43. The van der Waals surface area contributed by atoms with Crippen LogP contribution < -0.4 is 11.1 Å². The van der Waals surface area contributed by atoms with Crippen LogP contribution in [0.15, 0.2) is 122 Å². The van der Waals surface area contributed by atoms with E-state index >= 15 is 0 Å². The summed E-state index contributed by atoms with van der Waals surface area (Å²) in [4.78, 5) is 47.4. The lowest BCUT2D eigenvalue weighted by atomic mass is 10.1. The van der Waals surface area contributed by atoms with Crippen LogP contribution in [0, 0.1) is 11.6 Å². The van der Waals surface area contributed by atoms with Crippen molar-refractivity contribution in [2.75, 3.05) is 5.32 Å². The third kappa shape index (κ3) is 10.3. The molecule has 236 valence electrons. The molecule has 0 aliphatic carbocycles. The lowest BCUT2D eigenvalue weighted by Gasteiger charge is -2.05. The number of aromatic nitrogens is 6. The van der Waals surface area contributed by atoms with E-state index in [4.69, 9.17) is 17.3 Å². The Morgan fingerprint density at radius 3 is 1.53 bits per heavy atom. The summed E-state index contributed by atoms with van der Waals surface area (Å²) in [6.45, 7) is 1.10. The molecule has 0 spiro atoms. The Morgan fingerprint density at radius 1 is 0.638 bits per heavy atom. The van der Waals surface area contributed by atoms with Gasteiger partial charge in [0.15, 0.2) is 11.6 Å². The van der Waals surface area contributed by atoms with E-state index in [9.17, 15) is 18.4 Å². The smallest absolute Gasteiger partial charge is 0.222 e. The Balaban J connectivity index is 0.000000180. The van der Waals surface area contributed by atoms with Crippen molar-refractivity contribution >= 4 is 29.1 Å². The molecule has 3 N–H and O–H groups in total. The molecule has 0 amide bonds. The first kappa shape index (κ1) is 34.0. The van der Waals surface area contributed by atoms with Crippen LogP contribution in [0.4, 0.5) is 14.7 Å². The summed E-state index contributed by atoms with van der Waals surface area (Å²) >= 11 is 5.49. The molecular weight excluding hydrogens is 626 g/mol. The third-order valence-electron chi connectivity index (χ3n) is 6.17. The molecule has 47 heavy (non-hydrogen) atoms. The lowest BCUT2D eigenvalue weighted by molar-refractivity contribution is 0.102. The van der Waals surface area contributed by atoms with Gasteiger partial charge in [0.25, 0.3) is 0 Å². The van der Waals surface area contributed by atoms with Crippen molar-refractivity contribution in [3.63, 3.8) is 0 Å². The van der Waals surface area contributed by atoms with Gasteiger partial charge in [0, 0.05) is 62.7 Å². The molecule has 0 fully saturated rings. The fourth-order valence-corrected chi connectivity index (χ4v) is 3.87. The number of nitrogens with zero attached hydrogens (tertiary/aromatic N) is 6. The highest BCUT2D eigenvalue weighted by Gasteiger charge is 2.15. The van der Waals surface area contributed by atoms with Crippen LogP contribution in [-0.2, 0) is 13.1 Å². The highest BCUT2D eigenvalue weighted by Crippen LogP contribution is 2.14. The Kier molecular flexibility index (Phi) is 12.7. The van der Waals surface area contributed by atoms with Crippen molar-refractivity contribution < 1.29 is 18.4 Å². The summed E-state index contributed by atoms with van der Waals surface area (Å²) < 4.78 is 27.0. The number of nitrogens with one attached hydrogen (secondary N) is 1. The first-order valence-corrected chi connectivity index (χ1v) is 14.3. The molecule has 4 heterocycles. The van der Waals surface area contributed by atoms with Gasteiger partial charge in [0.1, 0.15) is 11.6 Å². The number of ketones is 2. The monoisotopic (exact) mass is 652 g/mol. The van der Waals surface area contributed by atoms with Gasteiger partial charge in [-0.05, 0) is 59.1 Å². The van der Waals surface area contributed by atoms with Crippen molar-refractivity contribution in [3.05, 3.63) is 173 Å². The zero-order chi connectivity index (χ0) is 33.4. The van der Waals surface area contributed by atoms with E-state index in [2.05, 4.69) is 35.2 Å². The van der Waals surface area contributed by atoms with E-state index in [1.807, 2.05) is 24.3 Å². The molecule has 0 radical (unpaired) electrons. The number of halogens is 3. The maximum absolute atomic E-state index is 13.6.